The molecule has 0 aromatic rings. The third kappa shape index (κ3) is 14.9. The Hall–Kier alpha value is -0.310. The van der Waals surface area contributed by atoms with E-state index in [1.165, 1.54) is 64.2 Å². The largest absolute Gasteiger partial charge is 0.481 e. The first kappa shape index (κ1) is 33.7. The van der Waals surface area contributed by atoms with Gasteiger partial charge in [0.1, 0.15) is 3.53 Å². The number of amides is 1. The first-order valence-corrected chi connectivity index (χ1v) is 15.4. The Morgan fingerprint density at radius 1 is 1.00 bits per heavy atom. The Kier molecular flexibility index (Phi) is 19.6. The molecule has 0 aromatic heterocycles. The highest BCUT2D eigenvalue weighted by atomic mass is 32.2. The van der Waals surface area contributed by atoms with Gasteiger partial charge in [0.05, 0.1) is 5.41 Å². The standard InChI is InChI=1S/C26H50N2O3S3/c1-6-7-8-9-10-11-12-13-14-15-18-33-25(32)34-20(2)19-22(23(29)28-17-16-27)21(3)26(4,5)24(30)31/h20-22H,6-19,27H2,1-5H3,(H,28,29)(H,30,31). The van der Waals surface area contributed by atoms with E-state index in [2.05, 4.69) is 19.2 Å². The van der Waals surface area contributed by atoms with Crippen LogP contribution >= 0.6 is 35.7 Å². The van der Waals surface area contributed by atoms with Gasteiger partial charge in [0.25, 0.3) is 0 Å². The van der Waals surface area contributed by atoms with Crippen molar-refractivity contribution in [1.82, 2.24) is 5.32 Å². The summed E-state index contributed by atoms with van der Waals surface area (Å²) in [7, 11) is 0. The highest BCUT2D eigenvalue weighted by Gasteiger charge is 2.41. The number of hydrogen-bond donors (Lipinski definition) is 3. The van der Waals surface area contributed by atoms with Gasteiger partial charge in [-0.15, -0.1) is 23.5 Å². The number of nitrogens with one attached hydrogen (secondary N) is 1. The summed E-state index contributed by atoms with van der Waals surface area (Å²) in [5, 5.41) is 12.6. The first-order valence-electron chi connectivity index (χ1n) is 13.1. The summed E-state index contributed by atoms with van der Waals surface area (Å²) >= 11 is 8.95. The maximum absolute atomic E-state index is 12.8. The molecule has 0 aromatic carbocycles. The van der Waals surface area contributed by atoms with Crippen LogP contribution in [0.15, 0.2) is 0 Å². The molecule has 0 heterocycles. The highest BCUT2D eigenvalue weighted by molar-refractivity contribution is 8.47. The molecule has 0 spiro atoms. The zero-order valence-electron chi connectivity index (χ0n) is 22.2. The lowest BCUT2D eigenvalue weighted by atomic mass is 9.71. The van der Waals surface area contributed by atoms with Gasteiger partial charge in [0, 0.05) is 24.3 Å². The molecule has 1 amide bonds. The van der Waals surface area contributed by atoms with Crippen molar-refractivity contribution in [1.29, 1.82) is 0 Å². The number of carboxylic acids is 1. The van der Waals surface area contributed by atoms with Gasteiger partial charge in [-0.2, -0.15) is 0 Å². The number of carboxylic acid groups (broad SMARTS) is 1. The molecule has 0 bridgehead atoms. The number of thiocarbonyl (C=S) groups is 1. The summed E-state index contributed by atoms with van der Waals surface area (Å²) in [5.41, 5.74) is 4.54. The molecule has 200 valence electrons. The monoisotopic (exact) mass is 534 g/mol. The molecule has 3 atom stereocenters. The van der Waals surface area contributed by atoms with E-state index in [4.69, 9.17) is 18.0 Å². The Morgan fingerprint density at radius 2 is 1.53 bits per heavy atom. The van der Waals surface area contributed by atoms with Crippen molar-refractivity contribution in [3.63, 3.8) is 0 Å². The molecular formula is C26H50N2O3S3. The number of thioether (sulfide) groups is 2. The topological polar surface area (TPSA) is 92.4 Å². The zero-order valence-corrected chi connectivity index (χ0v) is 24.6. The molecule has 8 heteroatoms. The van der Waals surface area contributed by atoms with Crippen LogP contribution in [0.4, 0.5) is 0 Å². The number of rotatable bonds is 20. The van der Waals surface area contributed by atoms with Crippen molar-refractivity contribution in [2.75, 3.05) is 18.8 Å². The summed E-state index contributed by atoms with van der Waals surface area (Å²) in [4.78, 5) is 24.6. The third-order valence-electron chi connectivity index (χ3n) is 6.67. The van der Waals surface area contributed by atoms with Gasteiger partial charge in [-0.25, -0.2) is 0 Å². The van der Waals surface area contributed by atoms with Gasteiger partial charge in [-0.1, -0.05) is 90.8 Å². The van der Waals surface area contributed by atoms with Crippen LogP contribution in [0.3, 0.4) is 0 Å². The van der Waals surface area contributed by atoms with Crippen LogP contribution in [0.5, 0.6) is 0 Å². The van der Waals surface area contributed by atoms with Gasteiger partial charge in [0.15, 0.2) is 0 Å². The fourth-order valence-electron chi connectivity index (χ4n) is 3.91. The van der Waals surface area contributed by atoms with Gasteiger partial charge < -0.3 is 16.2 Å². The first-order chi connectivity index (χ1) is 16.1. The lowest BCUT2D eigenvalue weighted by Crippen LogP contribution is -2.44. The van der Waals surface area contributed by atoms with Crippen LogP contribution in [0.1, 0.15) is 105 Å². The lowest BCUT2D eigenvalue weighted by Gasteiger charge is -2.34. The van der Waals surface area contributed by atoms with Crippen LogP contribution < -0.4 is 11.1 Å². The Morgan fingerprint density at radius 3 is 2.03 bits per heavy atom. The minimum Gasteiger partial charge on any atom is -0.481 e. The maximum Gasteiger partial charge on any atom is 0.309 e. The molecule has 34 heavy (non-hydrogen) atoms. The Bertz CT molecular complexity index is 588. The second kappa shape index (κ2) is 19.8. The van der Waals surface area contributed by atoms with E-state index in [1.807, 2.05) is 6.92 Å². The van der Waals surface area contributed by atoms with Gasteiger partial charge in [0.2, 0.25) is 5.91 Å². The molecule has 4 N–H and O–H groups in total. The molecule has 0 aliphatic rings. The van der Waals surface area contributed by atoms with Crippen LogP contribution in [-0.4, -0.2) is 44.6 Å². The van der Waals surface area contributed by atoms with Crippen molar-refractivity contribution < 1.29 is 14.7 Å². The predicted octanol–water partition coefficient (Wildman–Crippen LogP) is 6.88. The average molecular weight is 535 g/mol. The molecule has 0 rings (SSSR count). The van der Waals surface area contributed by atoms with Crippen molar-refractivity contribution >= 4 is 51.1 Å². The molecule has 0 aliphatic carbocycles. The van der Waals surface area contributed by atoms with Crippen LogP contribution in [-0.2, 0) is 9.59 Å². The molecule has 0 saturated carbocycles. The van der Waals surface area contributed by atoms with E-state index < -0.39 is 17.3 Å². The number of unbranched alkanes of at least 4 members (excludes halogenated alkanes) is 9. The minimum absolute atomic E-state index is 0.122. The van der Waals surface area contributed by atoms with Crippen molar-refractivity contribution in [3.05, 3.63) is 0 Å². The van der Waals surface area contributed by atoms with Crippen LogP contribution in [0.2, 0.25) is 0 Å². The summed E-state index contributed by atoms with van der Waals surface area (Å²) in [5.74, 6) is -0.699. The molecular weight excluding hydrogens is 484 g/mol. The second-order valence-electron chi connectivity index (χ2n) is 9.95. The minimum atomic E-state index is -1.00. The van der Waals surface area contributed by atoms with Gasteiger partial charge in [-0.05, 0) is 38.4 Å². The second-order valence-corrected chi connectivity index (χ2v) is 13.7. The predicted molar refractivity (Wildman–Crippen MR) is 155 cm³/mol. The third-order valence-corrected chi connectivity index (χ3v) is 9.47. The molecule has 5 nitrogen and oxygen atoms in total. The Balaban J connectivity index is 4.38. The number of hydrogen-bond acceptors (Lipinski definition) is 6. The molecule has 0 radical (unpaired) electrons. The summed E-state index contributed by atoms with van der Waals surface area (Å²) in [6, 6.07) is 0. The fourth-order valence-corrected chi connectivity index (χ4v) is 6.82. The summed E-state index contributed by atoms with van der Waals surface area (Å²) in [6.07, 6.45) is 13.9. The van der Waals surface area contributed by atoms with Crippen LogP contribution in [0.25, 0.3) is 0 Å². The van der Waals surface area contributed by atoms with E-state index in [-0.39, 0.29) is 17.1 Å². The smallest absolute Gasteiger partial charge is 0.309 e. The summed E-state index contributed by atoms with van der Waals surface area (Å²) in [6.45, 7) is 10.3. The molecule has 0 saturated heterocycles. The molecule has 0 fully saturated rings. The van der Waals surface area contributed by atoms with E-state index in [0.29, 0.717) is 19.5 Å². The van der Waals surface area contributed by atoms with Gasteiger partial charge in [-0.3, -0.25) is 9.59 Å². The number of carbonyl (C=O) groups is 2. The van der Waals surface area contributed by atoms with Crippen molar-refractivity contribution in [2.24, 2.45) is 23.0 Å². The van der Waals surface area contributed by atoms with Crippen molar-refractivity contribution in [2.45, 2.75) is 110 Å². The number of aliphatic carboxylic acids is 1. The average Bonchev–Trinajstić information content (AvgIpc) is 2.78. The number of nitrogens with two attached hydrogens (primary N) is 1. The van der Waals surface area contributed by atoms with Gasteiger partial charge >= 0.3 is 5.97 Å². The number of carbonyl (C=O) groups excluding carboxylic acids is 1. The van der Waals surface area contributed by atoms with Crippen molar-refractivity contribution in [3.8, 4) is 0 Å². The van der Waals surface area contributed by atoms with E-state index in [1.54, 1.807) is 37.4 Å². The quantitative estimate of drug-likeness (QED) is 0.116. The SMILES string of the molecule is CCCCCCCCCCCCSC(=S)SC(C)CC(C(=O)NCCN)C(C)C(C)(C)C(=O)O. The van der Waals surface area contributed by atoms with E-state index >= 15 is 0 Å². The Labute approximate surface area is 222 Å². The normalized spacial score (nSPS) is 14.4. The summed E-state index contributed by atoms with van der Waals surface area (Å²) < 4.78 is 0.912. The van der Waals surface area contributed by atoms with E-state index in [9.17, 15) is 14.7 Å². The fraction of sp³-hybridized carbons (Fsp3) is 0.885. The zero-order chi connectivity index (χ0) is 26.0. The lowest BCUT2D eigenvalue weighted by molar-refractivity contribution is -0.152. The molecule has 0 aliphatic heterocycles. The van der Waals surface area contributed by atoms with Crippen LogP contribution in [0, 0.1) is 17.3 Å². The molecule has 3 unspecified atom stereocenters. The maximum atomic E-state index is 12.8. The van der Waals surface area contributed by atoms with E-state index in [0.717, 1.165) is 9.28 Å². The highest BCUT2D eigenvalue weighted by Crippen LogP contribution is 2.37.